The Hall–Kier alpha value is -1.23. The van der Waals surface area contributed by atoms with E-state index in [1.54, 1.807) is 23.5 Å². The van der Waals surface area contributed by atoms with Gasteiger partial charge in [0.1, 0.15) is 0 Å². The Morgan fingerprint density at radius 2 is 2.15 bits per heavy atom. The molecule has 0 spiro atoms. The number of amides is 1. The number of fused-ring (bicyclic) bond motifs is 1. The summed E-state index contributed by atoms with van der Waals surface area (Å²) in [4.78, 5) is 12.5. The van der Waals surface area contributed by atoms with Crippen molar-refractivity contribution in [3.05, 3.63) is 49.6 Å². The molecule has 1 amide bonds. The molecule has 0 bridgehead atoms. The molecule has 3 nitrogen and oxygen atoms in total. The summed E-state index contributed by atoms with van der Waals surface area (Å²) in [7, 11) is 0. The Bertz CT molecular complexity index is 684. The SMILES string of the molecule is NC(=O)c1ccc(NC2CCc3sc(Cl)cc32)cc1Cl. The van der Waals surface area contributed by atoms with E-state index < -0.39 is 5.91 Å². The standard InChI is InChI=1S/C14H12Cl2N2OS/c15-10-5-7(1-2-8(10)14(17)19)18-11-3-4-12-9(11)6-13(16)20-12/h1-2,5-6,11,18H,3-4H2,(H2,17,19). The van der Waals surface area contributed by atoms with Crippen molar-refractivity contribution < 1.29 is 4.79 Å². The fourth-order valence-electron chi connectivity index (χ4n) is 2.49. The topological polar surface area (TPSA) is 55.1 Å². The lowest BCUT2D eigenvalue weighted by Crippen LogP contribution is -2.12. The largest absolute Gasteiger partial charge is 0.378 e. The zero-order valence-electron chi connectivity index (χ0n) is 10.5. The molecule has 1 heterocycles. The Kier molecular flexibility index (Phi) is 3.63. The number of nitrogens with two attached hydrogens (primary N) is 1. The van der Waals surface area contributed by atoms with Crippen LogP contribution in [0.1, 0.15) is 33.3 Å². The van der Waals surface area contributed by atoms with Crippen LogP contribution in [0.15, 0.2) is 24.3 Å². The van der Waals surface area contributed by atoms with Gasteiger partial charge in [-0.15, -0.1) is 11.3 Å². The van der Waals surface area contributed by atoms with E-state index in [9.17, 15) is 4.79 Å². The number of benzene rings is 1. The zero-order chi connectivity index (χ0) is 14.3. The van der Waals surface area contributed by atoms with Crippen molar-refractivity contribution in [1.29, 1.82) is 0 Å². The first-order chi connectivity index (χ1) is 9.54. The van der Waals surface area contributed by atoms with E-state index >= 15 is 0 Å². The predicted molar refractivity (Wildman–Crippen MR) is 84.0 cm³/mol. The van der Waals surface area contributed by atoms with Gasteiger partial charge in [0.2, 0.25) is 5.91 Å². The number of nitrogens with one attached hydrogen (secondary N) is 1. The van der Waals surface area contributed by atoms with E-state index in [2.05, 4.69) is 5.32 Å². The normalized spacial score (nSPS) is 17.0. The lowest BCUT2D eigenvalue weighted by atomic mass is 10.1. The molecule has 1 atom stereocenters. The van der Waals surface area contributed by atoms with Crippen LogP contribution in [0.3, 0.4) is 0 Å². The van der Waals surface area contributed by atoms with E-state index in [1.807, 2.05) is 12.1 Å². The van der Waals surface area contributed by atoms with Crippen molar-refractivity contribution in [2.24, 2.45) is 5.73 Å². The molecule has 2 aromatic rings. The van der Waals surface area contributed by atoms with Crippen molar-refractivity contribution >= 4 is 46.1 Å². The molecule has 0 aliphatic heterocycles. The molecule has 3 N–H and O–H groups in total. The number of thiophene rings is 1. The Morgan fingerprint density at radius 3 is 2.85 bits per heavy atom. The molecule has 1 aliphatic rings. The average Bonchev–Trinajstić information content (AvgIpc) is 2.90. The van der Waals surface area contributed by atoms with Crippen molar-refractivity contribution in [3.8, 4) is 0 Å². The summed E-state index contributed by atoms with van der Waals surface area (Å²) in [6.07, 6.45) is 2.07. The Balaban J connectivity index is 1.82. The Morgan fingerprint density at radius 1 is 1.35 bits per heavy atom. The number of primary amides is 1. The van der Waals surface area contributed by atoms with E-state index in [0.717, 1.165) is 22.9 Å². The lowest BCUT2D eigenvalue weighted by molar-refractivity contribution is 0.100. The van der Waals surface area contributed by atoms with Crippen LogP contribution in [0.5, 0.6) is 0 Å². The number of aryl methyl sites for hydroxylation is 1. The van der Waals surface area contributed by atoms with Gasteiger partial charge in [0, 0.05) is 10.6 Å². The fourth-order valence-corrected chi connectivity index (χ4v) is 4.12. The smallest absolute Gasteiger partial charge is 0.250 e. The molecule has 6 heteroatoms. The van der Waals surface area contributed by atoms with E-state index in [-0.39, 0.29) is 6.04 Å². The van der Waals surface area contributed by atoms with Gasteiger partial charge in [0.05, 0.1) is 21.0 Å². The molecule has 20 heavy (non-hydrogen) atoms. The van der Waals surface area contributed by atoms with Crippen LogP contribution in [0, 0.1) is 0 Å². The summed E-state index contributed by atoms with van der Waals surface area (Å²) >= 11 is 13.7. The van der Waals surface area contributed by atoms with Crippen molar-refractivity contribution in [3.63, 3.8) is 0 Å². The third kappa shape index (κ3) is 2.51. The first kappa shape index (κ1) is 13.7. The molecule has 104 valence electrons. The molecule has 0 fully saturated rings. The number of rotatable bonds is 3. The minimum atomic E-state index is -0.519. The molecule has 1 aromatic carbocycles. The summed E-state index contributed by atoms with van der Waals surface area (Å²) in [6.45, 7) is 0. The molecular formula is C14H12Cl2N2OS. The first-order valence-electron chi connectivity index (χ1n) is 6.18. The highest BCUT2D eigenvalue weighted by atomic mass is 35.5. The maximum atomic E-state index is 11.1. The Labute approximate surface area is 130 Å². The van der Waals surface area contributed by atoms with Crippen LogP contribution >= 0.6 is 34.5 Å². The van der Waals surface area contributed by atoms with E-state index in [1.165, 1.54) is 10.4 Å². The monoisotopic (exact) mass is 326 g/mol. The molecule has 1 aliphatic carbocycles. The van der Waals surface area contributed by atoms with Crippen LogP contribution in [0.25, 0.3) is 0 Å². The third-order valence-corrected chi connectivity index (χ3v) is 5.07. The van der Waals surface area contributed by atoms with E-state index in [4.69, 9.17) is 28.9 Å². The second kappa shape index (κ2) is 5.28. The van der Waals surface area contributed by atoms with Crippen molar-refractivity contribution in [2.45, 2.75) is 18.9 Å². The summed E-state index contributed by atoms with van der Waals surface area (Å²) in [5.74, 6) is -0.519. The molecule has 1 unspecified atom stereocenters. The second-order valence-corrected chi connectivity index (χ2v) is 6.90. The van der Waals surface area contributed by atoms with Gasteiger partial charge in [-0.2, -0.15) is 0 Å². The second-order valence-electron chi connectivity index (χ2n) is 4.72. The number of hydrogen-bond acceptors (Lipinski definition) is 3. The number of halogens is 2. The van der Waals surface area contributed by atoms with Crippen LogP contribution in [0.4, 0.5) is 5.69 Å². The summed E-state index contributed by atoms with van der Waals surface area (Å²) in [6, 6.07) is 7.45. The number of carbonyl (C=O) groups excluding carboxylic acids is 1. The van der Waals surface area contributed by atoms with Gasteiger partial charge < -0.3 is 11.1 Å². The summed E-state index contributed by atoms with van der Waals surface area (Å²) in [5, 5.41) is 3.79. The van der Waals surface area contributed by atoms with Crippen molar-refractivity contribution in [2.75, 3.05) is 5.32 Å². The summed E-state index contributed by atoms with van der Waals surface area (Å²) < 4.78 is 0.823. The van der Waals surface area contributed by atoms with Crippen LogP contribution in [-0.2, 0) is 6.42 Å². The molecule has 3 rings (SSSR count). The fraction of sp³-hybridized carbons (Fsp3) is 0.214. The van der Waals surface area contributed by atoms with Crippen LogP contribution in [-0.4, -0.2) is 5.91 Å². The molecule has 1 aromatic heterocycles. The van der Waals surface area contributed by atoms with Crippen molar-refractivity contribution in [1.82, 2.24) is 0 Å². The van der Waals surface area contributed by atoms with Gasteiger partial charge in [-0.05, 0) is 42.7 Å². The van der Waals surface area contributed by atoms with Gasteiger partial charge in [-0.3, -0.25) is 4.79 Å². The van der Waals surface area contributed by atoms with Gasteiger partial charge in [-0.25, -0.2) is 0 Å². The average molecular weight is 327 g/mol. The number of hydrogen-bond donors (Lipinski definition) is 2. The van der Waals surface area contributed by atoms with Gasteiger partial charge >= 0.3 is 0 Å². The first-order valence-corrected chi connectivity index (χ1v) is 7.76. The van der Waals surface area contributed by atoms with Gasteiger partial charge in [0.25, 0.3) is 0 Å². The van der Waals surface area contributed by atoms with Crippen LogP contribution in [0.2, 0.25) is 9.36 Å². The molecule has 0 saturated carbocycles. The zero-order valence-corrected chi connectivity index (χ0v) is 12.8. The highest BCUT2D eigenvalue weighted by Crippen LogP contribution is 2.41. The maximum absolute atomic E-state index is 11.1. The maximum Gasteiger partial charge on any atom is 0.250 e. The predicted octanol–water partition coefficient (Wildman–Crippen LogP) is 4.25. The minimum Gasteiger partial charge on any atom is -0.378 e. The number of anilines is 1. The third-order valence-electron chi connectivity index (χ3n) is 3.42. The number of carbonyl (C=O) groups is 1. The molecule has 0 saturated heterocycles. The highest BCUT2D eigenvalue weighted by molar-refractivity contribution is 7.16. The quantitative estimate of drug-likeness (QED) is 0.885. The molecule has 0 radical (unpaired) electrons. The van der Waals surface area contributed by atoms with Gasteiger partial charge in [-0.1, -0.05) is 23.2 Å². The highest BCUT2D eigenvalue weighted by Gasteiger charge is 2.25. The van der Waals surface area contributed by atoms with Crippen LogP contribution < -0.4 is 11.1 Å². The molecular weight excluding hydrogens is 315 g/mol. The minimum absolute atomic E-state index is 0.240. The summed E-state index contributed by atoms with van der Waals surface area (Å²) in [5.41, 5.74) is 7.71. The van der Waals surface area contributed by atoms with Gasteiger partial charge in [0.15, 0.2) is 0 Å². The van der Waals surface area contributed by atoms with E-state index in [0.29, 0.717) is 10.6 Å². The lowest BCUT2D eigenvalue weighted by Gasteiger charge is -2.15.